The van der Waals surface area contributed by atoms with Gasteiger partial charge in [-0.1, -0.05) is 23.2 Å². The third kappa shape index (κ3) is 4.96. The Morgan fingerprint density at radius 2 is 1.83 bits per heavy atom. The minimum absolute atomic E-state index is 0.0339. The molecule has 4 nitrogen and oxygen atoms in total. The van der Waals surface area contributed by atoms with Gasteiger partial charge in [-0.15, -0.1) is 0 Å². The van der Waals surface area contributed by atoms with E-state index in [1.54, 1.807) is 30.3 Å². The highest BCUT2D eigenvalue weighted by atomic mass is 79.9. The van der Waals surface area contributed by atoms with Gasteiger partial charge in [0, 0.05) is 16.3 Å². The molecule has 120 valence electrons. The van der Waals surface area contributed by atoms with Crippen LogP contribution in [0.5, 0.6) is 5.75 Å². The fourth-order valence-electron chi connectivity index (χ4n) is 1.79. The zero-order valence-electron chi connectivity index (χ0n) is 12.0. The van der Waals surface area contributed by atoms with Crippen molar-refractivity contribution in [2.45, 2.75) is 6.92 Å². The number of hydrogen-bond acceptors (Lipinski definition) is 3. The molecule has 0 radical (unpaired) electrons. The van der Waals surface area contributed by atoms with Crippen molar-refractivity contribution in [3.8, 4) is 5.75 Å². The number of hydrogen-bond donors (Lipinski definition) is 1. The van der Waals surface area contributed by atoms with Crippen LogP contribution in [-0.4, -0.2) is 18.3 Å². The van der Waals surface area contributed by atoms with Crippen LogP contribution in [0.25, 0.3) is 0 Å². The summed E-state index contributed by atoms with van der Waals surface area (Å²) in [7, 11) is 0. The maximum Gasteiger partial charge on any atom is 0.262 e. The Balaban J connectivity index is 1.96. The quantitative estimate of drug-likeness (QED) is 0.699. The molecule has 0 saturated carbocycles. The van der Waals surface area contributed by atoms with E-state index >= 15 is 0 Å². The number of carbonyl (C=O) groups excluding carboxylic acids is 2. The van der Waals surface area contributed by atoms with E-state index in [4.69, 9.17) is 27.9 Å². The SMILES string of the molecule is CC(=O)c1ccc(NC(=O)COc2c(Cl)cc(Cl)cc2Br)cc1. The van der Waals surface area contributed by atoms with Crippen LogP contribution in [0.2, 0.25) is 10.0 Å². The summed E-state index contributed by atoms with van der Waals surface area (Å²) in [5.41, 5.74) is 1.15. The molecule has 23 heavy (non-hydrogen) atoms. The van der Waals surface area contributed by atoms with Crippen LogP contribution in [0.1, 0.15) is 17.3 Å². The van der Waals surface area contributed by atoms with Crippen molar-refractivity contribution in [1.82, 2.24) is 0 Å². The van der Waals surface area contributed by atoms with E-state index in [9.17, 15) is 9.59 Å². The fourth-order valence-corrected chi connectivity index (χ4v) is 3.16. The van der Waals surface area contributed by atoms with Crippen molar-refractivity contribution in [2.75, 3.05) is 11.9 Å². The number of carbonyl (C=O) groups is 2. The van der Waals surface area contributed by atoms with Crippen molar-refractivity contribution >= 4 is 56.5 Å². The lowest BCUT2D eigenvalue weighted by Gasteiger charge is -2.11. The molecule has 7 heteroatoms. The number of halogens is 3. The highest BCUT2D eigenvalue weighted by molar-refractivity contribution is 9.10. The summed E-state index contributed by atoms with van der Waals surface area (Å²) in [6, 6.07) is 9.75. The second-order valence-corrected chi connectivity index (χ2v) is 6.37. The highest BCUT2D eigenvalue weighted by Crippen LogP contribution is 2.35. The average molecular weight is 417 g/mol. The lowest BCUT2D eigenvalue weighted by molar-refractivity contribution is -0.118. The van der Waals surface area contributed by atoms with E-state index in [1.165, 1.54) is 13.0 Å². The smallest absolute Gasteiger partial charge is 0.262 e. The molecular formula is C16H12BrCl2NO3. The Morgan fingerprint density at radius 3 is 2.39 bits per heavy atom. The van der Waals surface area contributed by atoms with E-state index in [1.807, 2.05) is 0 Å². The second kappa shape index (κ2) is 7.81. The van der Waals surface area contributed by atoms with Gasteiger partial charge in [0.2, 0.25) is 0 Å². The number of amides is 1. The first-order valence-corrected chi connectivity index (χ1v) is 8.10. The molecule has 1 N–H and O–H groups in total. The summed E-state index contributed by atoms with van der Waals surface area (Å²) in [5.74, 6) is -0.0370. The molecule has 0 aliphatic rings. The van der Waals surface area contributed by atoms with Gasteiger partial charge in [0.05, 0.1) is 9.50 Å². The molecule has 2 aromatic rings. The Hall–Kier alpha value is -1.56. The molecule has 0 aliphatic carbocycles. The zero-order chi connectivity index (χ0) is 17.0. The number of anilines is 1. The minimum atomic E-state index is -0.349. The van der Waals surface area contributed by atoms with Crippen molar-refractivity contribution in [2.24, 2.45) is 0 Å². The Bertz CT molecular complexity index is 724. The molecular weight excluding hydrogens is 405 g/mol. The van der Waals surface area contributed by atoms with Crippen molar-refractivity contribution in [3.05, 3.63) is 56.5 Å². The van der Waals surface area contributed by atoms with Crippen molar-refractivity contribution in [1.29, 1.82) is 0 Å². The van der Waals surface area contributed by atoms with Gasteiger partial charge in [0.15, 0.2) is 18.1 Å². The minimum Gasteiger partial charge on any atom is -0.481 e. The maximum atomic E-state index is 11.9. The summed E-state index contributed by atoms with van der Waals surface area (Å²) < 4.78 is 5.98. The fraction of sp³-hybridized carbons (Fsp3) is 0.125. The largest absolute Gasteiger partial charge is 0.481 e. The van der Waals surface area contributed by atoms with E-state index in [0.717, 1.165) is 0 Å². The van der Waals surface area contributed by atoms with Gasteiger partial charge in [0.1, 0.15) is 0 Å². The van der Waals surface area contributed by atoms with Crippen molar-refractivity contribution < 1.29 is 14.3 Å². The van der Waals surface area contributed by atoms with Crippen LogP contribution < -0.4 is 10.1 Å². The van der Waals surface area contributed by atoms with Gasteiger partial charge in [-0.2, -0.15) is 0 Å². The number of benzene rings is 2. The second-order valence-electron chi connectivity index (χ2n) is 4.67. The predicted octanol–water partition coefficient (Wildman–Crippen LogP) is 4.98. The Morgan fingerprint density at radius 1 is 1.17 bits per heavy atom. The molecule has 0 atom stereocenters. The van der Waals surface area contributed by atoms with Gasteiger partial charge >= 0.3 is 0 Å². The van der Waals surface area contributed by atoms with Gasteiger partial charge in [-0.25, -0.2) is 0 Å². The van der Waals surface area contributed by atoms with Crippen LogP contribution in [0.3, 0.4) is 0 Å². The predicted molar refractivity (Wildman–Crippen MR) is 94.7 cm³/mol. The van der Waals surface area contributed by atoms with Crippen molar-refractivity contribution in [3.63, 3.8) is 0 Å². The van der Waals surface area contributed by atoms with Crippen LogP contribution >= 0.6 is 39.1 Å². The molecule has 1 amide bonds. The molecule has 0 aliphatic heterocycles. The first-order chi connectivity index (χ1) is 10.9. The molecule has 0 bridgehead atoms. The van der Waals surface area contributed by atoms with Gasteiger partial charge in [0.25, 0.3) is 5.91 Å². The number of nitrogens with one attached hydrogen (secondary N) is 1. The normalized spacial score (nSPS) is 10.3. The third-order valence-corrected chi connectivity index (χ3v) is 3.97. The van der Waals surface area contributed by atoms with Crippen LogP contribution in [-0.2, 0) is 4.79 Å². The Labute approximate surface area is 151 Å². The zero-order valence-corrected chi connectivity index (χ0v) is 15.1. The van der Waals surface area contributed by atoms with Gasteiger partial charge in [-0.05, 0) is 59.3 Å². The Kier molecular flexibility index (Phi) is 6.04. The van der Waals surface area contributed by atoms with E-state index in [2.05, 4.69) is 21.2 Å². The summed E-state index contributed by atoms with van der Waals surface area (Å²) in [5, 5.41) is 3.44. The number of ketones is 1. The standard InChI is InChI=1S/C16H12BrCl2NO3/c1-9(21)10-2-4-12(5-3-10)20-15(22)8-23-16-13(17)6-11(18)7-14(16)19/h2-7H,8H2,1H3,(H,20,22). The van der Waals surface area contributed by atoms with E-state index in [-0.39, 0.29) is 18.3 Å². The topological polar surface area (TPSA) is 55.4 Å². The average Bonchev–Trinajstić information content (AvgIpc) is 2.46. The molecule has 2 aromatic carbocycles. The highest BCUT2D eigenvalue weighted by Gasteiger charge is 2.11. The van der Waals surface area contributed by atoms with Gasteiger partial charge < -0.3 is 10.1 Å². The van der Waals surface area contributed by atoms with Crippen LogP contribution in [0.4, 0.5) is 5.69 Å². The molecule has 0 heterocycles. The monoisotopic (exact) mass is 415 g/mol. The number of rotatable bonds is 5. The molecule has 0 fully saturated rings. The number of Topliss-reactive ketones (excluding diaryl/α,β-unsaturated/α-hetero) is 1. The van der Waals surface area contributed by atoms with Crippen LogP contribution in [0.15, 0.2) is 40.9 Å². The molecule has 0 spiro atoms. The lowest BCUT2D eigenvalue weighted by atomic mass is 10.1. The number of ether oxygens (including phenoxy) is 1. The molecule has 0 unspecified atom stereocenters. The maximum absolute atomic E-state index is 11.9. The first-order valence-electron chi connectivity index (χ1n) is 6.55. The molecule has 0 saturated heterocycles. The summed E-state index contributed by atoms with van der Waals surface area (Å²) in [6.45, 7) is 1.27. The van der Waals surface area contributed by atoms with Gasteiger partial charge in [-0.3, -0.25) is 9.59 Å². The van der Waals surface area contributed by atoms with E-state index < -0.39 is 0 Å². The summed E-state index contributed by atoms with van der Waals surface area (Å²) in [6.07, 6.45) is 0. The summed E-state index contributed by atoms with van der Waals surface area (Å²) in [4.78, 5) is 23.1. The molecule has 2 rings (SSSR count). The summed E-state index contributed by atoms with van der Waals surface area (Å²) >= 11 is 15.2. The third-order valence-electron chi connectivity index (χ3n) is 2.89. The first kappa shape index (κ1) is 17.8. The molecule has 0 aromatic heterocycles. The van der Waals surface area contributed by atoms with Crippen LogP contribution in [0, 0.1) is 0 Å². The lowest BCUT2D eigenvalue weighted by Crippen LogP contribution is -2.20. The van der Waals surface area contributed by atoms with E-state index in [0.29, 0.717) is 31.5 Å².